The molecule has 24 heavy (non-hydrogen) atoms. The molecule has 136 valence electrons. The monoisotopic (exact) mass is 500 g/mol. The first-order valence-electron chi connectivity index (χ1n) is 7.37. The van der Waals surface area contributed by atoms with Crippen LogP contribution in [0.25, 0.3) is 0 Å². The zero-order valence-corrected chi connectivity index (χ0v) is 20.0. The summed E-state index contributed by atoms with van der Waals surface area (Å²) in [4.78, 5) is 22.0. The van der Waals surface area contributed by atoms with Crippen molar-refractivity contribution in [3.05, 3.63) is 0 Å². The van der Waals surface area contributed by atoms with Gasteiger partial charge in [-0.1, -0.05) is 0 Å². The summed E-state index contributed by atoms with van der Waals surface area (Å²) >= 11 is 0. The minimum absolute atomic E-state index is 0. The molecule has 0 saturated carbocycles. The van der Waals surface area contributed by atoms with Gasteiger partial charge < -0.3 is 29.2 Å². The molecule has 0 aromatic carbocycles. The van der Waals surface area contributed by atoms with Gasteiger partial charge in [0.05, 0.1) is 25.4 Å². The number of carbonyl (C=O) groups is 2. The molecule has 0 aromatic rings. The van der Waals surface area contributed by atoms with Crippen LogP contribution in [0.5, 0.6) is 0 Å². The molecule has 0 bridgehead atoms. The van der Waals surface area contributed by atoms with E-state index in [1.807, 2.05) is 0 Å². The predicted molar refractivity (Wildman–Crippen MR) is 76.4 cm³/mol. The van der Waals surface area contributed by atoms with E-state index in [0.717, 1.165) is 12.8 Å². The van der Waals surface area contributed by atoms with Crippen molar-refractivity contribution in [2.24, 2.45) is 0 Å². The second-order valence-corrected chi connectivity index (χ2v) is 4.93. The van der Waals surface area contributed by atoms with E-state index >= 15 is 0 Å². The number of aliphatic hydroxyl groups excluding tert-OH is 2. The molecule has 0 amide bonds. The molecule has 0 aromatic heterocycles. The van der Waals surface area contributed by atoms with E-state index in [2.05, 4.69) is 9.47 Å². The van der Waals surface area contributed by atoms with E-state index in [9.17, 15) is 9.59 Å². The fourth-order valence-corrected chi connectivity index (χ4v) is 1.33. The van der Waals surface area contributed by atoms with Gasteiger partial charge in [0.2, 0.25) is 0 Å². The zero-order valence-electron chi connectivity index (χ0n) is 14.3. The van der Waals surface area contributed by atoms with E-state index < -0.39 is 24.5 Å². The molecule has 0 rings (SSSR count). The first-order valence-corrected chi connectivity index (χ1v) is 7.37. The topological polar surface area (TPSA) is 112 Å². The SMILES string of the molecule is CC(O)COC(=O)OCCCCCCOC(=O)OCC(C)O.[Y].[Y]. The molecule has 0 aliphatic carbocycles. The molecular formula is C14H26O8Y2. The minimum atomic E-state index is -0.787. The van der Waals surface area contributed by atoms with Gasteiger partial charge in [-0.05, 0) is 39.5 Å². The summed E-state index contributed by atoms with van der Waals surface area (Å²) in [5.41, 5.74) is 0. The van der Waals surface area contributed by atoms with Crippen molar-refractivity contribution >= 4 is 12.3 Å². The molecule has 0 aliphatic heterocycles. The van der Waals surface area contributed by atoms with Gasteiger partial charge in [-0.2, -0.15) is 0 Å². The van der Waals surface area contributed by atoms with E-state index in [1.165, 1.54) is 13.8 Å². The third-order valence-electron chi connectivity index (χ3n) is 2.36. The Morgan fingerprint density at radius 1 is 0.708 bits per heavy atom. The first-order chi connectivity index (χ1) is 10.4. The van der Waals surface area contributed by atoms with Crippen molar-refractivity contribution in [3.8, 4) is 0 Å². The Bertz CT molecular complexity index is 283. The number of aliphatic hydroxyl groups is 2. The summed E-state index contributed by atoms with van der Waals surface area (Å²) in [5, 5.41) is 17.8. The summed E-state index contributed by atoms with van der Waals surface area (Å²) in [6.45, 7) is 3.35. The van der Waals surface area contributed by atoms with Gasteiger partial charge in [0.25, 0.3) is 0 Å². The van der Waals surface area contributed by atoms with Crippen LogP contribution in [0.3, 0.4) is 0 Å². The number of unbranched alkanes of at least 4 members (excludes halogenated alkanes) is 3. The van der Waals surface area contributed by atoms with Crippen LogP contribution >= 0.6 is 0 Å². The van der Waals surface area contributed by atoms with Crippen molar-refractivity contribution in [2.75, 3.05) is 26.4 Å². The molecule has 0 heterocycles. The van der Waals surface area contributed by atoms with Gasteiger partial charge in [-0.25, -0.2) is 9.59 Å². The van der Waals surface area contributed by atoms with Gasteiger partial charge in [0.1, 0.15) is 13.2 Å². The summed E-state index contributed by atoms with van der Waals surface area (Å²) in [7, 11) is 0. The van der Waals surface area contributed by atoms with Crippen molar-refractivity contribution < 1.29 is 104 Å². The Morgan fingerprint density at radius 3 is 1.33 bits per heavy atom. The van der Waals surface area contributed by atoms with Crippen LogP contribution in [0.4, 0.5) is 9.59 Å². The minimum Gasteiger partial charge on any atom is -0.434 e. The van der Waals surface area contributed by atoms with Crippen LogP contribution in [-0.4, -0.2) is 61.2 Å². The van der Waals surface area contributed by atoms with Crippen LogP contribution in [-0.2, 0) is 84.4 Å². The maximum absolute atomic E-state index is 11.0. The third-order valence-corrected chi connectivity index (χ3v) is 2.36. The van der Waals surface area contributed by atoms with Gasteiger partial charge in [0, 0.05) is 65.4 Å². The fourth-order valence-electron chi connectivity index (χ4n) is 1.33. The second kappa shape index (κ2) is 20.0. The Hall–Kier alpha value is 0.668. The number of rotatable bonds is 11. The largest absolute Gasteiger partial charge is 0.508 e. The van der Waals surface area contributed by atoms with Crippen molar-refractivity contribution in [3.63, 3.8) is 0 Å². The summed E-state index contributed by atoms with van der Waals surface area (Å²) in [6, 6.07) is 0. The maximum atomic E-state index is 11.0. The second-order valence-electron chi connectivity index (χ2n) is 4.93. The number of hydrogen-bond acceptors (Lipinski definition) is 8. The predicted octanol–water partition coefficient (Wildman–Crippen LogP) is 1.61. The Kier molecular flexibility index (Phi) is 24.5. The van der Waals surface area contributed by atoms with Crippen LogP contribution in [0.15, 0.2) is 0 Å². The summed E-state index contributed by atoms with van der Waals surface area (Å²) in [5.74, 6) is 0. The molecule has 0 saturated heterocycles. The van der Waals surface area contributed by atoms with Crippen LogP contribution in [0, 0.1) is 0 Å². The van der Waals surface area contributed by atoms with Crippen LogP contribution in [0.1, 0.15) is 39.5 Å². The smallest absolute Gasteiger partial charge is 0.434 e. The molecule has 2 atom stereocenters. The molecule has 10 heteroatoms. The first kappa shape index (κ1) is 29.4. The molecule has 0 spiro atoms. The number of carbonyl (C=O) groups excluding carboxylic acids is 2. The molecule has 2 unspecified atom stereocenters. The van der Waals surface area contributed by atoms with E-state index in [1.54, 1.807) is 0 Å². The Labute approximate surface area is 193 Å². The van der Waals surface area contributed by atoms with Crippen LogP contribution < -0.4 is 0 Å². The van der Waals surface area contributed by atoms with E-state index in [-0.39, 0.29) is 91.8 Å². The van der Waals surface area contributed by atoms with E-state index in [0.29, 0.717) is 12.8 Å². The number of hydrogen-bond donors (Lipinski definition) is 2. The normalized spacial score (nSPS) is 12.0. The van der Waals surface area contributed by atoms with Crippen LogP contribution in [0.2, 0.25) is 0 Å². The molecule has 2 radical (unpaired) electrons. The number of ether oxygens (including phenoxy) is 4. The molecule has 0 aliphatic rings. The van der Waals surface area contributed by atoms with Gasteiger partial charge in [-0.3, -0.25) is 0 Å². The van der Waals surface area contributed by atoms with Crippen molar-refractivity contribution in [1.29, 1.82) is 0 Å². The maximum Gasteiger partial charge on any atom is 0.508 e. The van der Waals surface area contributed by atoms with Gasteiger partial charge in [-0.15, -0.1) is 0 Å². The van der Waals surface area contributed by atoms with Crippen molar-refractivity contribution in [2.45, 2.75) is 51.7 Å². The average Bonchev–Trinajstić information content (AvgIpc) is 2.45. The van der Waals surface area contributed by atoms with Gasteiger partial charge >= 0.3 is 12.3 Å². The summed E-state index contributed by atoms with van der Waals surface area (Å²) in [6.07, 6.45) is -0.00673. The van der Waals surface area contributed by atoms with Crippen molar-refractivity contribution in [1.82, 2.24) is 0 Å². The fraction of sp³-hybridized carbons (Fsp3) is 0.857. The Morgan fingerprint density at radius 2 is 1.04 bits per heavy atom. The summed E-state index contributed by atoms with van der Waals surface area (Å²) < 4.78 is 18.8. The molecule has 8 nitrogen and oxygen atoms in total. The van der Waals surface area contributed by atoms with E-state index in [4.69, 9.17) is 19.7 Å². The average molecular weight is 500 g/mol. The third kappa shape index (κ3) is 22.7. The standard InChI is InChI=1S/C14H26O8.2Y/c1-11(15)9-21-13(17)19-7-5-3-4-6-8-20-14(18)22-10-12(2)16;;/h11-12,15-16H,3-10H2,1-2H3;;. The molecule has 0 fully saturated rings. The molecule has 2 N–H and O–H groups in total. The van der Waals surface area contributed by atoms with Gasteiger partial charge in [0.15, 0.2) is 0 Å². The Balaban J connectivity index is -0.00000220. The molecular weight excluding hydrogens is 474 g/mol. The zero-order chi connectivity index (χ0) is 16.8. The quantitative estimate of drug-likeness (QED) is 0.326.